The van der Waals surface area contributed by atoms with E-state index in [1.165, 1.54) is 26.7 Å². The average molecular weight is 410 g/mol. The molecule has 2 atom stereocenters. The summed E-state index contributed by atoms with van der Waals surface area (Å²) in [5.74, 6) is -0.497. The van der Waals surface area contributed by atoms with Gasteiger partial charge in [0.25, 0.3) is 0 Å². The summed E-state index contributed by atoms with van der Waals surface area (Å²) in [6.07, 6.45) is 2.00. The standard InChI is InChI=1S/C20H31N3O4S/c1-8-13(4)16(18(25)27-20(5,6)7)23-10-15(24)22(19(23)26)9-14-11-28-17(21-14)12(2)3/h10-13,16,24H,8-9H2,1-7H3/t13-,16-/m0/s1. The van der Waals surface area contributed by atoms with Crippen LogP contribution in [0.1, 0.15) is 77.5 Å². The van der Waals surface area contributed by atoms with E-state index in [1.54, 1.807) is 20.8 Å². The number of hydrogen-bond acceptors (Lipinski definition) is 6. The van der Waals surface area contributed by atoms with Crippen molar-refractivity contribution in [3.05, 3.63) is 32.8 Å². The highest BCUT2D eigenvalue weighted by molar-refractivity contribution is 7.09. The third-order valence-electron chi connectivity index (χ3n) is 4.50. The summed E-state index contributed by atoms with van der Waals surface area (Å²) in [4.78, 5) is 30.3. The van der Waals surface area contributed by atoms with Gasteiger partial charge in [0.05, 0.1) is 23.4 Å². The molecule has 28 heavy (non-hydrogen) atoms. The van der Waals surface area contributed by atoms with Gasteiger partial charge in [-0.25, -0.2) is 14.6 Å². The second-order valence-electron chi connectivity index (χ2n) is 8.46. The van der Waals surface area contributed by atoms with Gasteiger partial charge in [-0.15, -0.1) is 11.3 Å². The third kappa shape index (κ3) is 5.04. The Hall–Kier alpha value is -2.09. The zero-order chi connectivity index (χ0) is 21.2. The lowest BCUT2D eigenvalue weighted by molar-refractivity contribution is -0.161. The molecule has 0 aliphatic carbocycles. The van der Waals surface area contributed by atoms with Crippen molar-refractivity contribution in [3.63, 3.8) is 0 Å². The van der Waals surface area contributed by atoms with Crippen molar-refractivity contribution < 1.29 is 14.6 Å². The van der Waals surface area contributed by atoms with Crippen molar-refractivity contribution in [2.45, 2.75) is 79.0 Å². The molecule has 8 heteroatoms. The second-order valence-corrected chi connectivity index (χ2v) is 9.35. The van der Waals surface area contributed by atoms with E-state index >= 15 is 0 Å². The van der Waals surface area contributed by atoms with Gasteiger partial charge in [0.1, 0.15) is 11.6 Å². The topological polar surface area (TPSA) is 86.3 Å². The quantitative estimate of drug-likeness (QED) is 0.701. The van der Waals surface area contributed by atoms with E-state index in [1.807, 2.05) is 19.2 Å². The molecule has 0 unspecified atom stereocenters. The molecule has 0 aliphatic rings. The van der Waals surface area contributed by atoms with Crippen LogP contribution in [0.25, 0.3) is 0 Å². The number of imidazole rings is 1. The summed E-state index contributed by atoms with van der Waals surface area (Å²) in [6.45, 7) is 13.5. The molecule has 0 fully saturated rings. The number of hydrogen-bond donors (Lipinski definition) is 1. The van der Waals surface area contributed by atoms with E-state index in [-0.39, 0.29) is 18.3 Å². The summed E-state index contributed by atoms with van der Waals surface area (Å²) in [7, 11) is 0. The highest BCUT2D eigenvalue weighted by Gasteiger charge is 2.33. The SMILES string of the molecule is CC[C@H](C)[C@@H](C(=O)OC(C)(C)C)n1cc(O)n(Cc2csc(C(C)C)n2)c1=O. The predicted octanol–water partition coefficient (Wildman–Crippen LogP) is 3.91. The number of nitrogens with zero attached hydrogens (tertiary/aromatic N) is 3. The number of carbonyl (C=O) groups excluding carboxylic acids is 1. The summed E-state index contributed by atoms with van der Waals surface area (Å²) in [6, 6.07) is -0.800. The predicted molar refractivity (Wildman–Crippen MR) is 110 cm³/mol. The minimum absolute atomic E-state index is 0.130. The number of thiazole rings is 1. The molecule has 2 aromatic heterocycles. The first-order valence-corrected chi connectivity index (χ1v) is 10.5. The zero-order valence-corrected chi connectivity index (χ0v) is 18.5. The molecular formula is C20H31N3O4S. The first-order chi connectivity index (χ1) is 12.9. The van der Waals surface area contributed by atoms with Gasteiger partial charge in [-0.2, -0.15) is 0 Å². The molecule has 156 valence electrons. The van der Waals surface area contributed by atoms with Crippen LogP contribution in [0.4, 0.5) is 0 Å². The molecule has 0 radical (unpaired) electrons. The van der Waals surface area contributed by atoms with Crippen LogP contribution >= 0.6 is 11.3 Å². The fourth-order valence-corrected chi connectivity index (χ4v) is 3.69. The molecule has 0 spiro atoms. The van der Waals surface area contributed by atoms with Crippen LogP contribution in [0.5, 0.6) is 5.88 Å². The summed E-state index contributed by atoms with van der Waals surface area (Å²) in [5, 5.41) is 13.2. The minimum atomic E-state index is -0.800. The molecule has 0 saturated carbocycles. The first kappa shape index (κ1) is 22.2. The van der Waals surface area contributed by atoms with Gasteiger partial charge in [0.2, 0.25) is 5.88 Å². The Balaban J connectivity index is 2.39. The van der Waals surface area contributed by atoms with Gasteiger partial charge in [-0.1, -0.05) is 34.1 Å². The Morgan fingerprint density at radius 3 is 2.46 bits per heavy atom. The van der Waals surface area contributed by atoms with Crippen molar-refractivity contribution in [2.75, 3.05) is 0 Å². The second kappa shape index (κ2) is 8.51. The van der Waals surface area contributed by atoms with Crippen molar-refractivity contribution in [3.8, 4) is 5.88 Å². The maximum atomic E-state index is 13.0. The number of aromatic hydroxyl groups is 1. The molecule has 2 heterocycles. The molecule has 1 N–H and O–H groups in total. The number of rotatable bonds is 7. The van der Waals surface area contributed by atoms with Gasteiger partial charge < -0.3 is 9.84 Å². The lowest BCUT2D eigenvalue weighted by atomic mass is 9.99. The molecule has 7 nitrogen and oxygen atoms in total. The van der Waals surface area contributed by atoms with Crippen LogP contribution in [-0.4, -0.2) is 30.8 Å². The Labute approximate surface area is 170 Å². The van der Waals surface area contributed by atoms with E-state index in [0.29, 0.717) is 18.0 Å². The van der Waals surface area contributed by atoms with Crippen molar-refractivity contribution in [1.82, 2.24) is 14.1 Å². The third-order valence-corrected chi connectivity index (χ3v) is 5.69. The molecule has 0 bridgehead atoms. The van der Waals surface area contributed by atoms with Crippen molar-refractivity contribution >= 4 is 17.3 Å². The molecule has 2 aromatic rings. The highest BCUT2D eigenvalue weighted by Crippen LogP contribution is 2.26. The number of esters is 1. The number of ether oxygens (including phenoxy) is 1. The van der Waals surface area contributed by atoms with Crippen LogP contribution in [0, 0.1) is 5.92 Å². The molecule has 2 rings (SSSR count). The number of carbonyl (C=O) groups is 1. The van der Waals surface area contributed by atoms with Crippen LogP contribution in [-0.2, 0) is 16.1 Å². The van der Waals surface area contributed by atoms with E-state index in [2.05, 4.69) is 18.8 Å². The van der Waals surface area contributed by atoms with E-state index in [0.717, 1.165) is 5.01 Å². The van der Waals surface area contributed by atoms with Gasteiger partial charge >= 0.3 is 11.7 Å². The Bertz CT molecular complexity index is 873. The smallest absolute Gasteiger partial charge is 0.332 e. The Morgan fingerprint density at radius 1 is 1.32 bits per heavy atom. The largest absolute Gasteiger partial charge is 0.493 e. The normalized spacial score (nSPS) is 14.3. The van der Waals surface area contributed by atoms with Crippen molar-refractivity contribution in [1.29, 1.82) is 0 Å². The van der Waals surface area contributed by atoms with Crippen LogP contribution in [0.2, 0.25) is 0 Å². The summed E-state index contributed by atoms with van der Waals surface area (Å²) in [5.41, 5.74) is -0.404. The molecule has 0 saturated heterocycles. The molecule has 0 aromatic carbocycles. The van der Waals surface area contributed by atoms with Gasteiger partial charge in [-0.3, -0.25) is 9.13 Å². The van der Waals surface area contributed by atoms with Crippen LogP contribution < -0.4 is 5.69 Å². The average Bonchev–Trinajstić information content (AvgIpc) is 3.14. The van der Waals surface area contributed by atoms with Crippen molar-refractivity contribution in [2.24, 2.45) is 5.92 Å². The van der Waals surface area contributed by atoms with Gasteiger partial charge in [-0.05, 0) is 26.7 Å². The number of aromatic nitrogens is 3. The summed E-state index contributed by atoms with van der Waals surface area (Å²) < 4.78 is 8.05. The maximum Gasteiger partial charge on any atom is 0.332 e. The van der Waals surface area contributed by atoms with E-state index < -0.39 is 23.3 Å². The lowest BCUT2D eigenvalue weighted by Gasteiger charge is -2.27. The van der Waals surface area contributed by atoms with E-state index in [9.17, 15) is 14.7 Å². The molecule has 0 amide bonds. The fraction of sp³-hybridized carbons (Fsp3) is 0.650. The summed E-state index contributed by atoms with van der Waals surface area (Å²) >= 11 is 1.53. The maximum absolute atomic E-state index is 13.0. The van der Waals surface area contributed by atoms with Gasteiger partial charge in [0, 0.05) is 11.3 Å². The molecule has 0 aliphatic heterocycles. The van der Waals surface area contributed by atoms with E-state index in [4.69, 9.17) is 4.74 Å². The Morgan fingerprint density at radius 2 is 1.96 bits per heavy atom. The first-order valence-electron chi connectivity index (χ1n) is 9.62. The Kier molecular flexibility index (Phi) is 6.75. The fourth-order valence-electron chi connectivity index (χ4n) is 2.86. The van der Waals surface area contributed by atoms with Crippen LogP contribution in [0.3, 0.4) is 0 Å². The van der Waals surface area contributed by atoms with Crippen LogP contribution in [0.15, 0.2) is 16.4 Å². The lowest BCUT2D eigenvalue weighted by Crippen LogP contribution is -2.38. The van der Waals surface area contributed by atoms with Gasteiger partial charge in [0.15, 0.2) is 0 Å². The monoisotopic (exact) mass is 409 g/mol. The minimum Gasteiger partial charge on any atom is -0.493 e. The highest BCUT2D eigenvalue weighted by atomic mass is 32.1. The zero-order valence-electron chi connectivity index (χ0n) is 17.7. The molecular weight excluding hydrogens is 378 g/mol.